The van der Waals surface area contributed by atoms with Crippen molar-refractivity contribution in [2.45, 2.75) is 9.79 Å². The average molecular weight is 400 g/mol. The first-order valence-corrected chi connectivity index (χ1v) is 9.92. The molecule has 10 heteroatoms. The monoisotopic (exact) mass is 400 g/mol. The summed E-state index contributed by atoms with van der Waals surface area (Å²) in [5.74, 6) is -1.18. The molecular weight excluding hydrogens is 383 g/mol. The van der Waals surface area contributed by atoms with E-state index in [2.05, 4.69) is 4.72 Å². The molecule has 140 valence electrons. The Morgan fingerprint density at radius 3 is 2.58 bits per heavy atom. The molecule has 0 saturated heterocycles. The predicted octanol–water partition coefficient (Wildman–Crippen LogP) is 1.78. The average Bonchev–Trinajstić information content (AvgIpc) is 2.65. The molecule has 2 aromatic rings. The van der Waals surface area contributed by atoms with Gasteiger partial charge in [0.2, 0.25) is 10.0 Å². The Morgan fingerprint density at radius 1 is 1.19 bits per heavy atom. The van der Waals surface area contributed by atoms with Crippen molar-refractivity contribution in [2.75, 3.05) is 18.9 Å². The Balaban J connectivity index is 1.83. The molecular formula is C16H17FN2O5S2. The third-order valence-corrected chi connectivity index (χ3v) is 5.58. The lowest BCUT2D eigenvalue weighted by Crippen LogP contribution is -2.26. The van der Waals surface area contributed by atoms with E-state index in [9.17, 15) is 17.6 Å². The van der Waals surface area contributed by atoms with Gasteiger partial charge in [-0.05, 0) is 30.3 Å². The summed E-state index contributed by atoms with van der Waals surface area (Å²) in [6.07, 6.45) is 0. The molecule has 7 nitrogen and oxygen atoms in total. The third kappa shape index (κ3) is 5.99. The van der Waals surface area contributed by atoms with Gasteiger partial charge in [0, 0.05) is 17.2 Å². The first-order chi connectivity index (χ1) is 12.4. The quantitative estimate of drug-likeness (QED) is 0.257. The van der Waals surface area contributed by atoms with Crippen LogP contribution in [0.1, 0.15) is 0 Å². The maximum absolute atomic E-state index is 13.9. The van der Waals surface area contributed by atoms with Crippen molar-refractivity contribution in [3.05, 3.63) is 54.3 Å². The maximum atomic E-state index is 13.9. The second-order valence-electron chi connectivity index (χ2n) is 4.98. The van der Waals surface area contributed by atoms with E-state index in [4.69, 9.17) is 9.94 Å². The van der Waals surface area contributed by atoms with Crippen LogP contribution in [0.4, 0.5) is 4.39 Å². The minimum absolute atomic E-state index is 0.122. The fraction of sp³-hybridized carbons (Fsp3) is 0.188. The van der Waals surface area contributed by atoms with E-state index in [-0.39, 0.29) is 17.2 Å². The highest BCUT2D eigenvalue weighted by Crippen LogP contribution is 2.24. The van der Waals surface area contributed by atoms with Crippen LogP contribution in [0.5, 0.6) is 5.75 Å². The van der Waals surface area contributed by atoms with Gasteiger partial charge in [0.1, 0.15) is 0 Å². The minimum Gasteiger partial charge on any atom is -0.481 e. The topological polar surface area (TPSA) is 105 Å². The van der Waals surface area contributed by atoms with Crippen LogP contribution >= 0.6 is 11.8 Å². The minimum atomic E-state index is -3.56. The van der Waals surface area contributed by atoms with Gasteiger partial charge < -0.3 is 4.74 Å². The number of benzene rings is 2. The fourth-order valence-electron chi connectivity index (χ4n) is 1.89. The first-order valence-electron chi connectivity index (χ1n) is 7.45. The van der Waals surface area contributed by atoms with Gasteiger partial charge in [0.15, 0.2) is 18.2 Å². The summed E-state index contributed by atoms with van der Waals surface area (Å²) in [6, 6.07) is 12.2. The zero-order valence-electron chi connectivity index (χ0n) is 13.5. The second kappa shape index (κ2) is 9.53. The molecule has 2 rings (SSSR count). The Morgan fingerprint density at radius 2 is 1.92 bits per heavy atom. The number of thioether (sulfide) groups is 1. The molecule has 0 unspecified atom stereocenters. The molecule has 0 aromatic heterocycles. The number of rotatable bonds is 9. The van der Waals surface area contributed by atoms with Crippen molar-refractivity contribution in [1.82, 2.24) is 10.2 Å². The lowest BCUT2D eigenvalue weighted by atomic mass is 10.3. The standard InChI is InChI=1S/C16H17FN2O5S2/c17-14-10-12(6-7-15(14)24-11-16(20)19-21)25-9-8-18-26(22,23)13-4-2-1-3-5-13/h1-7,10,18,21H,8-9,11H2,(H,19,20). The molecule has 0 bridgehead atoms. The number of halogens is 1. The van der Waals surface area contributed by atoms with Gasteiger partial charge in [-0.15, -0.1) is 11.8 Å². The largest absolute Gasteiger partial charge is 0.481 e. The molecule has 2 aromatic carbocycles. The van der Waals surface area contributed by atoms with Gasteiger partial charge in [-0.1, -0.05) is 18.2 Å². The van der Waals surface area contributed by atoms with E-state index in [1.165, 1.54) is 41.5 Å². The van der Waals surface area contributed by atoms with E-state index in [1.54, 1.807) is 24.3 Å². The molecule has 0 heterocycles. The number of hydroxylamine groups is 1. The highest BCUT2D eigenvalue weighted by Gasteiger charge is 2.12. The van der Waals surface area contributed by atoms with Gasteiger partial charge in [-0.3, -0.25) is 10.0 Å². The highest BCUT2D eigenvalue weighted by molar-refractivity contribution is 7.99. The normalized spacial score (nSPS) is 11.2. The number of hydrogen-bond acceptors (Lipinski definition) is 6. The zero-order valence-corrected chi connectivity index (χ0v) is 15.1. The number of carbonyl (C=O) groups excluding carboxylic acids is 1. The van der Waals surface area contributed by atoms with Crippen molar-refractivity contribution >= 4 is 27.7 Å². The number of hydrogen-bond donors (Lipinski definition) is 3. The second-order valence-corrected chi connectivity index (χ2v) is 7.91. The van der Waals surface area contributed by atoms with Gasteiger partial charge in [0.25, 0.3) is 5.91 Å². The summed E-state index contributed by atoms with van der Waals surface area (Å²) in [7, 11) is -3.56. The van der Waals surface area contributed by atoms with E-state index in [0.717, 1.165) is 0 Å². The molecule has 3 N–H and O–H groups in total. The number of sulfonamides is 1. The summed E-state index contributed by atoms with van der Waals surface area (Å²) < 4.78 is 45.4. The maximum Gasteiger partial charge on any atom is 0.281 e. The van der Waals surface area contributed by atoms with E-state index >= 15 is 0 Å². The smallest absolute Gasteiger partial charge is 0.281 e. The lowest BCUT2D eigenvalue weighted by Gasteiger charge is -2.08. The van der Waals surface area contributed by atoms with Crippen LogP contribution in [0.2, 0.25) is 0 Å². The van der Waals surface area contributed by atoms with Gasteiger partial charge in [-0.2, -0.15) is 0 Å². The SMILES string of the molecule is O=C(COc1ccc(SCCNS(=O)(=O)c2ccccc2)cc1F)NO. The predicted molar refractivity (Wildman–Crippen MR) is 94.2 cm³/mol. The number of amides is 1. The molecule has 1 amide bonds. The van der Waals surface area contributed by atoms with E-state index < -0.39 is 28.4 Å². The van der Waals surface area contributed by atoms with Crippen LogP contribution in [-0.2, 0) is 14.8 Å². The van der Waals surface area contributed by atoms with Crippen LogP contribution in [0.25, 0.3) is 0 Å². The molecule has 0 fully saturated rings. The molecule has 0 aliphatic heterocycles. The third-order valence-electron chi connectivity index (χ3n) is 3.10. The first kappa shape index (κ1) is 20.2. The lowest BCUT2D eigenvalue weighted by molar-refractivity contribution is -0.131. The summed E-state index contributed by atoms with van der Waals surface area (Å²) in [4.78, 5) is 11.6. The zero-order chi connectivity index (χ0) is 19.0. The van der Waals surface area contributed by atoms with Crippen LogP contribution in [0.15, 0.2) is 58.3 Å². The van der Waals surface area contributed by atoms with Crippen LogP contribution < -0.4 is 14.9 Å². The molecule has 26 heavy (non-hydrogen) atoms. The summed E-state index contributed by atoms with van der Waals surface area (Å²) in [5, 5.41) is 8.35. The van der Waals surface area contributed by atoms with Crippen molar-refractivity contribution in [2.24, 2.45) is 0 Å². The highest BCUT2D eigenvalue weighted by atomic mass is 32.2. The summed E-state index contributed by atoms with van der Waals surface area (Å²) >= 11 is 1.27. The van der Waals surface area contributed by atoms with Gasteiger partial charge >= 0.3 is 0 Å². The Hall–Kier alpha value is -2.14. The van der Waals surface area contributed by atoms with Crippen LogP contribution in [0.3, 0.4) is 0 Å². The van der Waals surface area contributed by atoms with Crippen molar-refractivity contribution in [1.29, 1.82) is 0 Å². The molecule has 0 aliphatic carbocycles. The number of carbonyl (C=O) groups is 1. The van der Waals surface area contributed by atoms with Gasteiger partial charge in [0.05, 0.1) is 4.90 Å². The van der Waals surface area contributed by atoms with Crippen LogP contribution in [-0.4, -0.2) is 38.4 Å². The molecule has 0 spiro atoms. The van der Waals surface area contributed by atoms with Crippen molar-refractivity contribution < 1.29 is 27.5 Å². The molecule has 0 atom stereocenters. The Bertz CT molecular complexity index is 847. The van der Waals surface area contributed by atoms with E-state index in [0.29, 0.717) is 10.6 Å². The Labute approximate surface area is 154 Å². The Kier molecular flexibility index (Phi) is 7.39. The number of ether oxygens (including phenoxy) is 1. The summed E-state index contributed by atoms with van der Waals surface area (Å²) in [5.41, 5.74) is 1.38. The molecule has 0 radical (unpaired) electrons. The summed E-state index contributed by atoms with van der Waals surface area (Å²) in [6.45, 7) is -0.334. The van der Waals surface area contributed by atoms with Gasteiger partial charge in [-0.25, -0.2) is 23.0 Å². The van der Waals surface area contributed by atoms with Crippen molar-refractivity contribution in [3.63, 3.8) is 0 Å². The fourth-order valence-corrected chi connectivity index (χ4v) is 3.86. The number of nitrogens with one attached hydrogen (secondary N) is 2. The van der Waals surface area contributed by atoms with Crippen molar-refractivity contribution in [3.8, 4) is 5.75 Å². The van der Waals surface area contributed by atoms with Crippen LogP contribution in [0, 0.1) is 5.82 Å². The molecule has 0 saturated carbocycles. The molecule has 0 aliphatic rings. The van der Waals surface area contributed by atoms with E-state index in [1.807, 2.05) is 0 Å².